The van der Waals surface area contributed by atoms with Crippen LogP contribution in [0.5, 0.6) is 0 Å². The molecule has 34 heavy (non-hydrogen) atoms. The molecule has 0 saturated carbocycles. The molecule has 0 aliphatic carbocycles. The van der Waals surface area contributed by atoms with Crippen LogP contribution in [0, 0.1) is 0 Å². The Labute approximate surface area is 215 Å². The van der Waals surface area contributed by atoms with Gasteiger partial charge in [-0.1, -0.05) is 41.5 Å². The minimum Gasteiger partial charge on any atom is -0.382 e. The van der Waals surface area contributed by atoms with E-state index in [0.717, 1.165) is 26.1 Å². The smallest absolute Gasteiger partial charge is 0.315 e. The van der Waals surface area contributed by atoms with Crippen molar-refractivity contribution in [2.24, 2.45) is 0 Å². The third kappa shape index (κ3) is 25.6. The lowest BCUT2D eigenvalue weighted by molar-refractivity contribution is -0.123. The summed E-state index contributed by atoms with van der Waals surface area (Å²) in [6, 6.07) is -0.953. The zero-order valence-corrected chi connectivity index (χ0v) is 23.3. The molecule has 0 saturated heterocycles. The monoisotopic (exact) mass is 508 g/mol. The van der Waals surface area contributed by atoms with Crippen LogP contribution in [0.2, 0.25) is 0 Å². The molecule has 0 aromatic heterocycles. The normalized spacial score (nSPS) is 12.0. The predicted molar refractivity (Wildman–Crippen MR) is 148 cm³/mol. The van der Waals surface area contributed by atoms with Crippen LogP contribution in [0.3, 0.4) is 0 Å². The fourth-order valence-electron chi connectivity index (χ4n) is 2.51. The second kappa shape index (κ2) is 22.4. The molecular weight excluding hydrogens is 452 g/mol. The predicted octanol–water partition coefficient (Wildman–Crippen LogP) is 4.14. The maximum atomic E-state index is 12.3. The quantitative estimate of drug-likeness (QED) is 0.150. The summed E-state index contributed by atoms with van der Waals surface area (Å²) in [6.45, 7) is 18.1. The third-order valence-electron chi connectivity index (χ3n) is 4.64. The average molecular weight is 509 g/mol. The molecule has 1 atom stereocenters. The van der Waals surface area contributed by atoms with E-state index in [4.69, 9.17) is 9.47 Å². The molecule has 0 bridgehead atoms. The van der Waals surface area contributed by atoms with Crippen molar-refractivity contribution in [3.63, 3.8) is 0 Å². The van der Waals surface area contributed by atoms with Crippen molar-refractivity contribution in [1.82, 2.24) is 21.3 Å². The highest BCUT2D eigenvalue weighted by atomic mass is 32.1. The molecule has 0 aromatic carbocycles. The van der Waals surface area contributed by atoms with E-state index in [1.807, 2.05) is 27.7 Å². The van der Waals surface area contributed by atoms with Crippen molar-refractivity contribution in [2.75, 3.05) is 46.5 Å². The summed E-state index contributed by atoms with van der Waals surface area (Å²) < 4.78 is 10.9. The Bertz CT molecular complexity index is 496. The highest BCUT2D eigenvalue weighted by Crippen LogP contribution is 2.20. The number of amides is 3. The Morgan fingerprint density at radius 3 is 2.09 bits per heavy atom. The van der Waals surface area contributed by atoms with Gasteiger partial charge in [0.2, 0.25) is 5.91 Å². The lowest BCUT2D eigenvalue weighted by atomic mass is 10.0. The van der Waals surface area contributed by atoms with Gasteiger partial charge in [-0.2, -0.15) is 12.6 Å². The summed E-state index contributed by atoms with van der Waals surface area (Å²) in [7, 11) is 1.74. The van der Waals surface area contributed by atoms with Crippen LogP contribution in [0.25, 0.3) is 0 Å². The van der Waals surface area contributed by atoms with Gasteiger partial charge in [0, 0.05) is 44.2 Å². The first-order valence-electron chi connectivity index (χ1n) is 12.3. The van der Waals surface area contributed by atoms with Gasteiger partial charge in [0.25, 0.3) is 0 Å². The van der Waals surface area contributed by atoms with E-state index in [1.54, 1.807) is 7.05 Å². The summed E-state index contributed by atoms with van der Waals surface area (Å²) in [6.07, 6.45) is 4.82. The van der Waals surface area contributed by atoms with Crippen molar-refractivity contribution in [1.29, 1.82) is 0 Å². The van der Waals surface area contributed by atoms with Gasteiger partial charge in [-0.15, -0.1) is 0 Å². The molecule has 3 amide bonds. The standard InChI is InChI=1S/C18H38N4O3S.C6H14O.CH4/c1-7-10-21-16(24)22-14(13-19-6)15(23)20-11-8-17(2,3)25-12-9-18(4,5)26;1-3-5-6-7-4-2;/h14,19,26H,7-13H2,1-6H3,(H,20,23)(H2,21,22,24);3-6H2,1-2H3;1H4. The maximum Gasteiger partial charge on any atom is 0.315 e. The largest absolute Gasteiger partial charge is 0.382 e. The van der Waals surface area contributed by atoms with Crippen LogP contribution in [-0.4, -0.2) is 74.8 Å². The SMILES string of the molecule is C.CCCCOCC.CCCNC(=O)NC(CNC)C(=O)NCCC(C)(C)OCCC(C)(C)S. The summed E-state index contributed by atoms with van der Waals surface area (Å²) in [4.78, 5) is 24.1. The van der Waals surface area contributed by atoms with E-state index < -0.39 is 6.04 Å². The fraction of sp³-hybridized carbons (Fsp3) is 0.920. The molecule has 0 aromatic rings. The molecule has 0 rings (SSSR count). The van der Waals surface area contributed by atoms with Crippen molar-refractivity contribution < 1.29 is 19.1 Å². The zero-order valence-electron chi connectivity index (χ0n) is 22.4. The van der Waals surface area contributed by atoms with E-state index in [9.17, 15) is 9.59 Å². The Morgan fingerprint density at radius 1 is 0.941 bits per heavy atom. The van der Waals surface area contributed by atoms with E-state index >= 15 is 0 Å². The van der Waals surface area contributed by atoms with Gasteiger partial charge >= 0.3 is 6.03 Å². The molecule has 0 aliphatic heterocycles. The molecule has 8 nitrogen and oxygen atoms in total. The van der Waals surface area contributed by atoms with Gasteiger partial charge in [-0.25, -0.2) is 4.79 Å². The first-order chi connectivity index (χ1) is 15.4. The summed E-state index contributed by atoms with van der Waals surface area (Å²) in [5.41, 5.74) is -0.337. The first-order valence-corrected chi connectivity index (χ1v) is 12.8. The van der Waals surface area contributed by atoms with Crippen molar-refractivity contribution >= 4 is 24.6 Å². The highest BCUT2D eigenvalue weighted by Gasteiger charge is 2.23. The van der Waals surface area contributed by atoms with Crippen molar-refractivity contribution in [3.8, 4) is 0 Å². The zero-order chi connectivity index (χ0) is 25.8. The number of carbonyl (C=O) groups is 2. The van der Waals surface area contributed by atoms with Crippen LogP contribution in [0.4, 0.5) is 4.79 Å². The number of hydrogen-bond donors (Lipinski definition) is 5. The highest BCUT2D eigenvalue weighted by molar-refractivity contribution is 7.81. The van der Waals surface area contributed by atoms with Gasteiger partial charge in [-0.3, -0.25) is 4.79 Å². The Hall–Kier alpha value is -1.03. The van der Waals surface area contributed by atoms with Crippen molar-refractivity contribution in [2.45, 2.75) is 104 Å². The van der Waals surface area contributed by atoms with Gasteiger partial charge in [0.1, 0.15) is 6.04 Å². The number of nitrogens with one attached hydrogen (secondary N) is 4. The lowest BCUT2D eigenvalue weighted by Gasteiger charge is -2.28. The van der Waals surface area contributed by atoms with Gasteiger partial charge in [-0.05, 0) is 53.5 Å². The van der Waals surface area contributed by atoms with Crippen LogP contribution >= 0.6 is 12.6 Å². The van der Waals surface area contributed by atoms with E-state index in [1.165, 1.54) is 12.8 Å². The third-order valence-corrected chi connectivity index (χ3v) is 4.87. The molecule has 0 aliphatic rings. The Balaban J connectivity index is -0.00000104. The average Bonchev–Trinajstić information content (AvgIpc) is 2.71. The van der Waals surface area contributed by atoms with Crippen molar-refractivity contribution in [3.05, 3.63) is 0 Å². The molecule has 9 heteroatoms. The molecule has 0 heterocycles. The number of ether oxygens (including phenoxy) is 2. The Kier molecular flexibility index (Phi) is 24.8. The first kappa shape index (κ1) is 37.5. The molecular formula is C25H56N4O4S. The van der Waals surface area contributed by atoms with E-state index in [-0.39, 0.29) is 29.7 Å². The van der Waals surface area contributed by atoms with Crippen LogP contribution in [0.1, 0.15) is 88.0 Å². The van der Waals surface area contributed by atoms with Gasteiger partial charge in [0.15, 0.2) is 0 Å². The molecule has 1 unspecified atom stereocenters. The fourth-order valence-corrected chi connectivity index (χ4v) is 2.60. The number of unbranched alkanes of at least 4 members (excludes halogenated alkanes) is 1. The van der Waals surface area contributed by atoms with Crippen LogP contribution in [0.15, 0.2) is 0 Å². The minimum absolute atomic E-state index is 0. The van der Waals surface area contributed by atoms with E-state index in [0.29, 0.717) is 32.7 Å². The van der Waals surface area contributed by atoms with Gasteiger partial charge in [0.05, 0.1) is 5.60 Å². The number of hydrogen-bond acceptors (Lipinski definition) is 6. The topological polar surface area (TPSA) is 101 Å². The molecule has 206 valence electrons. The second-order valence-corrected chi connectivity index (χ2v) is 10.5. The second-order valence-electron chi connectivity index (χ2n) is 9.27. The summed E-state index contributed by atoms with van der Waals surface area (Å²) in [5, 5.41) is 11.2. The number of urea groups is 1. The maximum absolute atomic E-state index is 12.3. The number of likely N-dealkylation sites (N-methyl/N-ethyl adjacent to an activating group) is 1. The number of thiol groups is 1. The van der Waals surface area contributed by atoms with Crippen LogP contribution in [-0.2, 0) is 14.3 Å². The van der Waals surface area contributed by atoms with Gasteiger partial charge < -0.3 is 30.7 Å². The lowest BCUT2D eigenvalue weighted by Crippen LogP contribution is -2.54. The summed E-state index contributed by atoms with van der Waals surface area (Å²) in [5.74, 6) is -0.210. The molecule has 0 radical (unpaired) electrons. The Morgan fingerprint density at radius 2 is 1.59 bits per heavy atom. The van der Waals surface area contributed by atoms with E-state index in [2.05, 4.69) is 54.7 Å². The minimum atomic E-state index is -0.620. The molecule has 0 fully saturated rings. The molecule has 0 spiro atoms. The summed E-state index contributed by atoms with van der Waals surface area (Å²) >= 11 is 4.49. The molecule has 4 N–H and O–H groups in total. The number of carbonyl (C=O) groups excluding carboxylic acids is 2. The van der Waals surface area contributed by atoms with Crippen LogP contribution < -0.4 is 21.3 Å². The number of rotatable bonds is 17.